The molecule has 0 saturated carbocycles. The SMILES string of the molecule is CCNC(=NCc1ccnn1C)NCCNC(C)=O.I. The highest BCUT2D eigenvalue weighted by Gasteiger charge is 2.00. The molecule has 1 rings (SSSR count). The van der Waals surface area contributed by atoms with Crippen molar-refractivity contribution in [2.45, 2.75) is 20.4 Å². The lowest BCUT2D eigenvalue weighted by Crippen LogP contribution is -2.41. The molecule has 0 aliphatic carbocycles. The highest BCUT2D eigenvalue weighted by molar-refractivity contribution is 14.0. The van der Waals surface area contributed by atoms with Gasteiger partial charge in [0.15, 0.2) is 5.96 Å². The maximum atomic E-state index is 10.7. The summed E-state index contributed by atoms with van der Waals surface area (Å²) in [7, 11) is 1.89. The molecule has 0 aromatic carbocycles. The summed E-state index contributed by atoms with van der Waals surface area (Å²) in [6.07, 6.45) is 1.75. The fourth-order valence-corrected chi connectivity index (χ4v) is 1.48. The van der Waals surface area contributed by atoms with E-state index in [0.29, 0.717) is 19.6 Å². The minimum Gasteiger partial charge on any atom is -0.357 e. The predicted molar refractivity (Wildman–Crippen MR) is 90.1 cm³/mol. The standard InChI is InChI=1S/C12H22N6O.HI/c1-4-13-12(15-8-7-14-10(2)19)16-9-11-5-6-17-18(11)3;/h5-6H,4,7-9H2,1-3H3,(H,14,19)(H2,13,15,16);1H. The number of hydrogen-bond donors (Lipinski definition) is 3. The minimum absolute atomic E-state index is 0. The van der Waals surface area contributed by atoms with Crippen molar-refractivity contribution in [3.05, 3.63) is 18.0 Å². The molecule has 1 aromatic rings. The zero-order valence-electron chi connectivity index (χ0n) is 12.1. The molecular formula is C12H23IN6O. The van der Waals surface area contributed by atoms with Crippen LogP contribution in [-0.4, -0.2) is 41.3 Å². The Labute approximate surface area is 136 Å². The van der Waals surface area contributed by atoms with E-state index in [9.17, 15) is 4.79 Å². The molecule has 0 atom stereocenters. The van der Waals surface area contributed by atoms with Crippen LogP contribution in [0.25, 0.3) is 0 Å². The van der Waals surface area contributed by atoms with Gasteiger partial charge in [-0.1, -0.05) is 0 Å². The Bertz CT molecular complexity index is 431. The van der Waals surface area contributed by atoms with Gasteiger partial charge in [0.05, 0.1) is 12.2 Å². The van der Waals surface area contributed by atoms with E-state index < -0.39 is 0 Å². The molecule has 0 saturated heterocycles. The molecule has 0 aliphatic rings. The Kier molecular flexibility index (Phi) is 9.77. The number of nitrogens with zero attached hydrogens (tertiary/aromatic N) is 3. The number of amides is 1. The maximum absolute atomic E-state index is 10.7. The molecule has 0 bridgehead atoms. The van der Waals surface area contributed by atoms with Crippen molar-refractivity contribution in [3.8, 4) is 0 Å². The number of hydrogen-bond acceptors (Lipinski definition) is 3. The van der Waals surface area contributed by atoms with Gasteiger partial charge in [-0.15, -0.1) is 24.0 Å². The fraction of sp³-hybridized carbons (Fsp3) is 0.583. The van der Waals surface area contributed by atoms with Crippen LogP contribution < -0.4 is 16.0 Å². The number of aromatic nitrogens is 2. The van der Waals surface area contributed by atoms with Crippen molar-refractivity contribution in [1.29, 1.82) is 0 Å². The third kappa shape index (κ3) is 7.31. The van der Waals surface area contributed by atoms with Crippen molar-refractivity contribution >= 4 is 35.8 Å². The van der Waals surface area contributed by atoms with Gasteiger partial charge in [-0.3, -0.25) is 9.48 Å². The first-order valence-electron chi connectivity index (χ1n) is 6.37. The zero-order valence-corrected chi connectivity index (χ0v) is 14.5. The quantitative estimate of drug-likeness (QED) is 0.279. The molecule has 20 heavy (non-hydrogen) atoms. The van der Waals surface area contributed by atoms with Gasteiger partial charge in [0.25, 0.3) is 0 Å². The van der Waals surface area contributed by atoms with Crippen LogP contribution in [0.1, 0.15) is 19.5 Å². The largest absolute Gasteiger partial charge is 0.357 e. The fourth-order valence-electron chi connectivity index (χ4n) is 1.48. The molecule has 0 spiro atoms. The van der Waals surface area contributed by atoms with Crippen molar-refractivity contribution < 1.29 is 4.79 Å². The van der Waals surface area contributed by atoms with Crippen molar-refractivity contribution in [1.82, 2.24) is 25.7 Å². The normalized spacial score (nSPS) is 10.7. The Morgan fingerprint density at radius 1 is 1.35 bits per heavy atom. The van der Waals surface area contributed by atoms with E-state index in [4.69, 9.17) is 0 Å². The number of nitrogens with one attached hydrogen (secondary N) is 3. The molecule has 0 aliphatic heterocycles. The number of carbonyl (C=O) groups excluding carboxylic acids is 1. The average Bonchev–Trinajstić information content (AvgIpc) is 2.77. The van der Waals surface area contributed by atoms with Crippen LogP contribution in [0.3, 0.4) is 0 Å². The molecular weight excluding hydrogens is 371 g/mol. The highest BCUT2D eigenvalue weighted by atomic mass is 127. The predicted octanol–water partition coefficient (Wildman–Crippen LogP) is 0.229. The lowest BCUT2D eigenvalue weighted by molar-refractivity contribution is -0.118. The van der Waals surface area contributed by atoms with E-state index in [1.54, 1.807) is 10.9 Å². The topological polar surface area (TPSA) is 83.3 Å². The number of aryl methyl sites for hydroxylation is 1. The van der Waals surface area contributed by atoms with Gasteiger partial charge in [0.1, 0.15) is 0 Å². The van der Waals surface area contributed by atoms with E-state index in [1.165, 1.54) is 6.92 Å². The zero-order chi connectivity index (χ0) is 14.1. The Morgan fingerprint density at radius 3 is 2.60 bits per heavy atom. The van der Waals surface area contributed by atoms with Gasteiger partial charge in [0.2, 0.25) is 5.91 Å². The molecule has 7 nitrogen and oxygen atoms in total. The molecule has 8 heteroatoms. The van der Waals surface area contributed by atoms with Gasteiger partial charge in [0, 0.05) is 39.8 Å². The number of rotatable bonds is 6. The smallest absolute Gasteiger partial charge is 0.216 e. The maximum Gasteiger partial charge on any atom is 0.216 e. The van der Waals surface area contributed by atoms with E-state index in [2.05, 4.69) is 26.0 Å². The van der Waals surface area contributed by atoms with Crippen molar-refractivity contribution in [3.63, 3.8) is 0 Å². The molecule has 1 heterocycles. The molecule has 114 valence electrons. The van der Waals surface area contributed by atoms with Crippen LogP contribution in [0.4, 0.5) is 0 Å². The number of halogens is 1. The summed E-state index contributed by atoms with van der Waals surface area (Å²) < 4.78 is 1.80. The Morgan fingerprint density at radius 2 is 2.05 bits per heavy atom. The highest BCUT2D eigenvalue weighted by Crippen LogP contribution is 1.97. The van der Waals surface area contributed by atoms with Crippen LogP contribution in [0.2, 0.25) is 0 Å². The molecule has 1 aromatic heterocycles. The van der Waals surface area contributed by atoms with Crippen LogP contribution in [-0.2, 0) is 18.4 Å². The van der Waals surface area contributed by atoms with E-state index in [1.807, 2.05) is 20.0 Å². The third-order valence-electron chi connectivity index (χ3n) is 2.46. The molecule has 3 N–H and O–H groups in total. The molecule has 0 radical (unpaired) electrons. The average molecular weight is 394 g/mol. The van der Waals surface area contributed by atoms with E-state index >= 15 is 0 Å². The first-order chi connectivity index (χ1) is 9.13. The molecule has 1 amide bonds. The van der Waals surface area contributed by atoms with Gasteiger partial charge in [-0.2, -0.15) is 5.10 Å². The number of aliphatic imine (C=N–C) groups is 1. The molecule has 0 fully saturated rings. The Hall–Kier alpha value is -1.32. The van der Waals surface area contributed by atoms with Crippen molar-refractivity contribution in [2.75, 3.05) is 19.6 Å². The number of carbonyl (C=O) groups is 1. The summed E-state index contributed by atoms with van der Waals surface area (Å²) >= 11 is 0. The van der Waals surface area contributed by atoms with E-state index in [-0.39, 0.29) is 29.9 Å². The lowest BCUT2D eigenvalue weighted by atomic mass is 10.4. The molecule has 0 unspecified atom stereocenters. The third-order valence-corrected chi connectivity index (χ3v) is 2.46. The summed E-state index contributed by atoms with van der Waals surface area (Å²) in [6.45, 7) is 6.07. The van der Waals surface area contributed by atoms with Gasteiger partial charge >= 0.3 is 0 Å². The second-order valence-corrected chi connectivity index (χ2v) is 4.05. The second kappa shape index (κ2) is 10.5. The van der Waals surface area contributed by atoms with Crippen LogP contribution >= 0.6 is 24.0 Å². The van der Waals surface area contributed by atoms with Gasteiger partial charge in [-0.05, 0) is 13.0 Å². The lowest BCUT2D eigenvalue weighted by Gasteiger charge is -2.11. The first-order valence-corrected chi connectivity index (χ1v) is 6.37. The van der Waals surface area contributed by atoms with Crippen LogP contribution in [0.15, 0.2) is 17.3 Å². The minimum atomic E-state index is -0.0291. The second-order valence-electron chi connectivity index (χ2n) is 4.05. The van der Waals surface area contributed by atoms with Crippen molar-refractivity contribution in [2.24, 2.45) is 12.0 Å². The van der Waals surface area contributed by atoms with Crippen LogP contribution in [0, 0.1) is 0 Å². The van der Waals surface area contributed by atoms with Gasteiger partial charge < -0.3 is 16.0 Å². The summed E-state index contributed by atoms with van der Waals surface area (Å²) in [4.78, 5) is 15.2. The first kappa shape index (κ1) is 18.7. The summed E-state index contributed by atoms with van der Waals surface area (Å²) in [5.41, 5.74) is 1.04. The number of guanidine groups is 1. The van der Waals surface area contributed by atoms with Gasteiger partial charge in [-0.25, -0.2) is 4.99 Å². The summed E-state index contributed by atoms with van der Waals surface area (Å²) in [5, 5.41) is 13.1. The monoisotopic (exact) mass is 394 g/mol. The summed E-state index contributed by atoms with van der Waals surface area (Å²) in [6, 6.07) is 1.93. The van der Waals surface area contributed by atoms with Crippen LogP contribution in [0.5, 0.6) is 0 Å². The van der Waals surface area contributed by atoms with E-state index in [0.717, 1.165) is 18.2 Å². The Balaban J connectivity index is 0.00000361. The summed E-state index contributed by atoms with van der Waals surface area (Å²) in [5.74, 6) is 0.702.